The number of hydrogen-bond acceptors (Lipinski definition) is 20. The maximum Gasteiger partial charge on any atom is 0.534 e. The Bertz CT molecular complexity index is 3920. The SMILES string of the molecule is CC(C)CN(C[C@@H](O)[C@@H](N)Cc1ccccc1)S(=O)(=O)c1ccc(N)cc1.[2H]C1([2H])O[C@]2([2H])OC([2H])([2H])[C@]([2H])(OC(=O)C[C@@H](Cc3ccccc3)[C@H](O)CN(CC(C)C)S(=O)(=O)c3ccc(N)cc3)[C@]2([2H])C1([2H])[2H].[2H]C1([2H])O[C@]2([2H])OC([2H])([2H])[C@]([2H])(OC(=O)ON3C(=O)CCC3=O)[C@]2([2H])C1([2H])[2H]. The average Bonchev–Trinajstić information content (AvgIpc) is 1.49. The number of hydroxylamine groups is 2. The molecule has 0 aromatic heterocycles. The van der Waals surface area contributed by atoms with Gasteiger partial charge in [-0.2, -0.15) is 8.61 Å². The van der Waals surface area contributed by atoms with Crippen LogP contribution in [0.4, 0.5) is 16.2 Å². The largest absolute Gasteiger partial charge is 0.534 e. The molecule has 0 spiro atoms. The Morgan fingerprint density at radius 1 is 0.643 bits per heavy atom. The molecule has 4 aromatic carbocycles. The minimum Gasteiger partial charge on any atom is -0.459 e. The van der Waals surface area contributed by atoms with Gasteiger partial charge in [0.15, 0.2) is 12.5 Å². The predicted octanol–water partition coefficient (Wildman–Crippen LogP) is 4.64. The Morgan fingerprint density at radius 3 is 1.52 bits per heavy atom. The van der Waals surface area contributed by atoms with Gasteiger partial charge in [0, 0.05) is 70.6 Å². The van der Waals surface area contributed by atoms with E-state index in [1.165, 1.54) is 40.7 Å². The fourth-order valence-corrected chi connectivity index (χ4v) is 11.7. The number of aliphatic hydroxyl groups is 2. The topological polar surface area (TPSA) is 329 Å². The molecular weight excluding hydrogens is 1130 g/mol. The van der Waals surface area contributed by atoms with Gasteiger partial charge in [0.25, 0.3) is 11.8 Å². The second-order valence-corrected chi connectivity index (χ2v) is 24.1. The molecule has 23 nitrogen and oxygen atoms in total. The van der Waals surface area contributed by atoms with Crippen molar-refractivity contribution in [3.05, 3.63) is 120 Å². The van der Waals surface area contributed by atoms with Crippen LogP contribution in [0.25, 0.3) is 0 Å². The molecule has 5 fully saturated rings. The Balaban J connectivity index is 0.000000228. The first-order valence-corrected chi connectivity index (χ1v) is 29.2. The first kappa shape index (κ1) is 44.4. The normalized spacial score (nSPS) is 34.6. The number of hydrogen-bond donors (Lipinski definition) is 5. The lowest BCUT2D eigenvalue weighted by molar-refractivity contribution is -0.179. The highest BCUT2D eigenvalue weighted by Gasteiger charge is 2.46. The number of aliphatic hydroxyl groups excluding tert-OH is 2. The molecule has 10 atom stereocenters. The Labute approximate surface area is 516 Å². The Morgan fingerprint density at radius 2 is 1.07 bits per heavy atom. The third kappa shape index (κ3) is 18.2. The van der Waals surface area contributed by atoms with Crippen molar-refractivity contribution in [1.29, 1.82) is 0 Å². The molecule has 5 saturated heterocycles. The molecule has 0 saturated carbocycles. The zero-order valence-electron chi connectivity index (χ0n) is 64.1. The highest BCUT2D eigenvalue weighted by molar-refractivity contribution is 7.89. The van der Waals surface area contributed by atoms with Gasteiger partial charge in [-0.3, -0.25) is 19.2 Å². The summed E-state index contributed by atoms with van der Waals surface area (Å²) in [5.41, 5.74) is 20.0. The number of carbonyl (C=O) groups excluding carboxylic acids is 4. The zero-order chi connectivity index (χ0) is 77.0. The van der Waals surface area contributed by atoms with E-state index in [9.17, 15) is 46.2 Å². The number of rotatable bonds is 23. The van der Waals surface area contributed by atoms with E-state index in [0.29, 0.717) is 29.9 Å². The van der Waals surface area contributed by atoms with Crippen LogP contribution in [0.5, 0.6) is 0 Å². The highest BCUT2D eigenvalue weighted by Crippen LogP contribution is 2.35. The summed E-state index contributed by atoms with van der Waals surface area (Å²) in [6, 6.07) is 29.1. The van der Waals surface area contributed by atoms with E-state index in [0.717, 1.165) is 9.87 Å². The van der Waals surface area contributed by atoms with Crippen molar-refractivity contribution in [2.45, 2.75) is 125 Å². The molecule has 0 radical (unpaired) electrons. The molecule has 4 aromatic rings. The first-order valence-electron chi connectivity index (χ1n) is 35.3. The lowest BCUT2D eigenvalue weighted by Crippen LogP contribution is -2.47. The third-order valence-electron chi connectivity index (χ3n) is 12.6. The number of benzene rings is 4. The van der Waals surface area contributed by atoms with Crippen molar-refractivity contribution in [3.63, 3.8) is 0 Å². The van der Waals surface area contributed by atoms with E-state index < -0.39 is 157 Å². The number of nitrogens with zero attached hydrogens (tertiary/aromatic N) is 3. The smallest absolute Gasteiger partial charge is 0.459 e. The molecule has 25 heteroatoms. The molecule has 8 N–H and O–H groups in total. The summed E-state index contributed by atoms with van der Waals surface area (Å²) in [6.45, 7) is -6.71. The van der Waals surface area contributed by atoms with Crippen LogP contribution in [0.15, 0.2) is 119 Å². The number of imide groups is 1. The summed E-state index contributed by atoms with van der Waals surface area (Å²) in [5.74, 6) is -11.7. The van der Waals surface area contributed by atoms with Gasteiger partial charge in [-0.15, -0.1) is 0 Å². The van der Waals surface area contributed by atoms with Crippen molar-refractivity contribution in [2.75, 3.05) is 63.9 Å². The molecule has 5 aliphatic rings. The summed E-state index contributed by atoms with van der Waals surface area (Å²) in [7, 11) is -7.92. The zero-order valence-corrected chi connectivity index (χ0v) is 47.8. The number of esters is 1. The van der Waals surface area contributed by atoms with Gasteiger partial charge in [0.1, 0.15) is 12.2 Å². The lowest BCUT2D eigenvalue weighted by Gasteiger charge is -2.30. The number of sulfonamides is 2. The average molecular weight is 1230 g/mol. The molecule has 0 unspecified atom stereocenters. The summed E-state index contributed by atoms with van der Waals surface area (Å²) < 4.78 is 229. The molecule has 5 heterocycles. The number of nitrogen functional groups attached to an aromatic ring is 2. The second-order valence-electron chi connectivity index (χ2n) is 20.3. The van der Waals surface area contributed by atoms with E-state index in [2.05, 4.69) is 19.0 Å². The third-order valence-corrected chi connectivity index (χ3v) is 16.3. The summed E-state index contributed by atoms with van der Waals surface area (Å²) in [6.07, 6.45) is -26.9. The van der Waals surface area contributed by atoms with Crippen molar-refractivity contribution in [2.24, 2.45) is 35.3 Å². The molecule has 460 valence electrons. The second kappa shape index (κ2) is 30.3. The van der Waals surface area contributed by atoms with Crippen molar-refractivity contribution >= 4 is 55.4 Å². The van der Waals surface area contributed by atoms with Crippen LogP contribution in [0.2, 0.25) is 0 Å². The summed E-state index contributed by atoms with van der Waals surface area (Å²) >= 11 is 0. The molecule has 0 aliphatic carbocycles. The minimum absolute atomic E-state index is 0.000696. The van der Waals surface area contributed by atoms with Gasteiger partial charge >= 0.3 is 12.1 Å². The number of ether oxygens (including phenoxy) is 6. The van der Waals surface area contributed by atoms with E-state index in [4.69, 9.17) is 56.1 Å². The van der Waals surface area contributed by atoms with Gasteiger partial charge < -0.3 is 55.8 Å². The van der Waals surface area contributed by atoms with Gasteiger partial charge in [-0.1, -0.05) is 93.4 Å². The number of fused-ring (bicyclic) bond motifs is 2. The molecular formula is C59H80N6O17S2. The number of amides is 2. The van der Waals surface area contributed by atoms with Crippen LogP contribution in [-0.2, 0) is 80.5 Å². The molecule has 2 amide bonds. The van der Waals surface area contributed by atoms with E-state index >= 15 is 0 Å². The van der Waals surface area contributed by atoms with Crippen LogP contribution in [0.3, 0.4) is 0 Å². The minimum atomic E-state index is -4.17. The van der Waals surface area contributed by atoms with Crippen LogP contribution in [-0.4, -0.2) is 160 Å². The number of carbonyl (C=O) groups is 4. The fourth-order valence-electron chi connectivity index (χ4n) is 8.45. The fraction of sp³-hybridized carbons (Fsp3) is 0.525. The van der Waals surface area contributed by atoms with Crippen molar-refractivity contribution in [1.82, 2.24) is 13.7 Å². The lowest BCUT2D eigenvalue weighted by atomic mass is 9.90. The number of nitrogens with two attached hydrogens (primary N) is 3. The monoisotopic (exact) mass is 1230 g/mol. The molecule has 9 rings (SSSR count). The van der Waals surface area contributed by atoms with Crippen LogP contribution >= 0.6 is 0 Å². The summed E-state index contributed by atoms with van der Waals surface area (Å²) in [4.78, 5) is 52.9. The quantitative estimate of drug-likeness (QED) is 0.0383. The van der Waals surface area contributed by atoms with Crippen LogP contribution < -0.4 is 17.2 Å². The Kier molecular flexibility index (Phi) is 16.0. The summed E-state index contributed by atoms with van der Waals surface area (Å²) in [5, 5.41) is 22.1. The molecule has 5 aliphatic heterocycles. The van der Waals surface area contributed by atoms with Gasteiger partial charge in [-0.25, -0.2) is 21.6 Å². The van der Waals surface area contributed by atoms with E-state index in [1.807, 2.05) is 44.2 Å². The van der Waals surface area contributed by atoms with Gasteiger partial charge in [0.05, 0.1) is 82.9 Å². The van der Waals surface area contributed by atoms with Crippen molar-refractivity contribution < 1.29 is 104 Å². The van der Waals surface area contributed by atoms with Crippen LogP contribution in [0, 0.1) is 29.5 Å². The molecule has 84 heavy (non-hydrogen) atoms. The maximum atomic E-state index is 13.6. The standard InChI is InChI=1S/C28H38N2O7S.C20H29N3O3S.C11H13NO7/c1-19(2)16-30(38(33,34)23-10-8-22(29)9-11-23)17-25(31)21(14-20-6-4-3-5-7-20)15-27(32)37-26-18-36-28-24(26)12-13-35-28;1-15(2)13-23(27(25,26)18-10-8-17(21)9-11-18)14-20(24)19(22)12-16-6-4-3-5-7-16;13-8-1-2-9(14)12(8)19-11(15)18-7-5-17-10-6(7)3-4-16-10/h3-11,19,21,24-26,28,31H,12-18,29H2,1-2H3;3-11,15,19-20,24H,12-14,21-22H2,1-2H3;6-7,10H,1-5H2/t21-,24+,25-,26+,28-;19-,20+;6-,7-,10+/m100/s1/i12D2,13D2,18D2,24D,26D,28D;;3D2,4D2,5D2,6D,7D,10D. The van der Waals surface area contributed by atoms with Crippen molar-refractivity contribution in [3.8, 4) is 0 Å². The maximum absolute atomic E-state index is 13.6. The van der Waals surface area contributed by atoms with E-state index in [-0.39, 0.29) is 59.0 Å². The van der Waals surface area contributed by atoms with Gasteiger partial charge in [-0.05, 0) is 97.1 Å². The number of anilines is 2. The van der Waals surface area contributed by atoms with Crippen LogP contribution in [0.1, 0.15) is 95.5 Å². The predicted molar refractivity (Wildman–Crippen MR) is 307 cm³/mol. The Hall–Kier alpha value is -6.10. The highest BCUT2D eigenvalue weighted by atomic mass is 32.2. The van der Waals surface area contributed by atoms with Gasteiger partial charge in [0.2, 0.25) is 20.0 Å². The first-order chi connectivity index (χ1) is 46.6. The van der Waals surface area contributed by atoms with E-state index in [1.54, 1.807) is 56.3 Å². The molecule has 0 bridgehead atoms.